The van der Waals surface area contributed by atoms with E-state index in [0.29, 0.717) is 22.0 Å². The minimum atomic E-state index is -0.340. The Morgan fingerprint density at radius 2 is 1.92 bits per heavy atom. The van der Waals surface area contributed by atoms with E-state index >= 15 is 0 Å². The molecule has 0 radical (unpaired) electrons. The number of halogens is 2. The van der Waals surface area contributed by atoms with Gasteiger partial charge in [-0.2, -0.15) is 0 Å². The molecule has 1 aromatic heterocycles. The summed E-state index contributed by atoms with van der Waals surface area (Å²) in [6.07, 6.45) is 3.41. The predicted molar refractivity (Wildman–Crippen MR) is 52.9 cm³/mol. The van der Waals surface area contributed by atoms with Gasteiger partial charge in [-0.25, -0.2) is 0 Å². The average molecular weight is 221 g/mol. The molecule has 0 aromatic carbocycles. The molecule has 0 aliphatic carbocycles. The molecule has 0 amide bonds. The Morgan fingerprint density at radius 3 is 2.38 bits per heavy atom. The minimum Gasteiger partial charge on any atom is -0.396 e. The predicted octanol–water partition coefficient (Wildman–Crippen LogP) is 1.77. The van der Waals surface area contributed by atoms with Crippen LogP contribution in [0.1, 0.15) is 18.0 Å². The van der Waals surface area contributed by atoms with Gasteiger partial charge in [-0.1, -0.05) is 23.2 Å². The van der Waals surface area contributed by atoms with Crippen molar-refractivity contribution >= 4 is 23.2 Å². The van der Waals surface area contributed by atoms with E-state index in [2.05, 4.69) is 4.98 Å². The first-order valence-electron chi connectivity index (χ1n) is 3.82. The van der Waals surface area contributed by atoms with Crippen molar-refractivity contribution in [3.05, 3.63) is 28.0 Å². The van der Waals surface area contributed by atoms with Gasteiger partial charge in [0.15, 0.2) is 0 Å². The third-order valence-corrected chi connectivity index (χ3v) is 2.30. The van der Waals surface area contributed by atoms with E-state index in [1.54, 1.807) is 0 Å². The van der Waals surface area contributed by atoms with Crippen LogP contribution in [0, 0.1) is 0 Å². The monoisotopic (exact) mass is 220 g/mol. The fourth-order valence-corrected chi connectivity index (χ4v) is 1.70. The van der Waals surface area contributed by atoms with Crippen LogP contribution >= 0.6 is 23.2 Å². The lowest BCUT2D eigenvalue weighted by molar-refractivity contribution is 0.276. The molecule has 13 heavy (non-hydrogen) atoms. The van der Waals surface area contributed by atoms with Gasteiger partial charge in [0.2, 0.25) is 0 Å². The van der Waals surface area contributed by atoms with Crippen molar-refractivity contribution < 1.29 is 5.11 Å². The first kappa shape index (κ1) is 10.7. The lowest BCUT2D eigenvalue weighted by Gasteiger charge is -2.13. The Labute approximate surface area is 86.5 Å². The van der Waals surface area contributed by atoms with Crippen molar-refractivity contribution in [2.24, 2.45) is 5.73 Å². The van der Waals surface area contributed by atoms with Crippen LogP contribution in [0.4, 0.5) is 0 Å². The van der Waals surface area contributed by atoms with Crippen LogP contribution in [0.2, 0.25) is 10.0 Å². The summed E-state index contributed by atoms with van der Waals surface area (Å²) in [6.45, 7) is 0.0101. The van der Waals surface area contributed by atoms with E-state index < -0.39 is 0 Å². The van der Waals surface area contributed by atoms with Crippen LogP contribution in [0.15, 0.2) is 12.4 Å². The molecule has 0 aliphatic rings. The smallest absolute Gasteiger partial charge is 0.0651 e. The van der Waals surface area contributed by atoms with E-state index in [0.717, 1.165) is 0 Å². The summed E-state index contributed by atoms with van der Waals surface area (Å²) >= 11 is 11.7. The lowest BCUT2D eigenvalue weighted by Crippen LogP contribution is -2.13. The number of rotatable bonds is 3. The van der Waals surface area contributed by atoms with Gasteiger partial charge in [0.05, 0.1) is 10.0 Å². The van der Waals surface area contributed by atoms with Crippen LogP contribution in [-0.2, 0) is 0 Å². The zero-order valence-corrected chi connectivity index (χ0v) is 8.39. The molecular formula is C8H10Cl2N2O. The molecule has 1 heterocycles. The molecular weight excluding hydrogens is 211 g/mol. The molecule has 1 aromatic rings. The van der Waals surface area contributed by atoms with E-state index in [4.69, 9.17) is 34.0 Å². The Balaban J connectivity index is 2.98. The third-order valence-electron chi connectivity index (χ3n) is 1.70. The highest BCUT2D eigenvalue weighted by Gasteiger charge is 2.13. The SMILES string of the molecule is NC(CCO)c1c(Cl)cncc1Cl. The Kier molecular flexibility index (Phi) is 3.93. The summed E-state index contributed by atoms with van der Waals surface area (Å²) < 4.78 is 0. The summed E-state index contributed by atoms with van der Waals surface area (Å²) in [5, 5.41) is 9.57. The summed E-state index contributed by atoms with van der Waals surface area (Å²) in [7, 11) is 0. The minimum absolute atomic E-state index is 0.0101. The van der Waals surface area contributed by atoms with Gasteiger partial charge in [-0.15, -0.1) is 0 Å². The Morgan fingerprint density at radius 1 is 1.38 bits per heavy atom. The molecule has 0 bridgehead atoms. The summed E-state index contributed by atoms with van der Waals surface area (Å²) in [5.41, 5.74) is 6.40. The molecule has 72 valence electrons. The van der Waals surface area contributed by atoms with Gasteiger partial charge in [-0.3, -0.25) is 4.98 Å². The largest absolute Gasteiger partial charge is 0.396 e. The maximum Gasteiger partial charge on any atom is 0.0651 e. The van der Waals surface area contributed by atoms with Crippen LogP contribution < -0.4 is 5.73 Å². The van der Waals surface area contributed by atoms with Gasteiger partial charge in [0.1, 0.15) is 0 Å². The number of hydrogen-bond acceptors (Lipinski definition) is 3. The van der Waals surface area contributed by atoms with Crippen LogP contribution in [0.3, 0.4) is 0 Å². The number of aromatic nitrogens is 1. The molecule has 0 fully saturated rings. The third kappa shape index (κ3) is 2.54. The second-order valence-electron chi connectivity index (χ2n) is 2.64. The highest BCUT2D eigenvalue weighted by atomic mass is 35.5. The van der Waals surface area contributed by atoms with Crippen molar-refractivity contribution in [3.63, 3.8) is 0 Å². The fourth-order valence-electron chi connectivity index (χ4n) is 1.06. The molecule has 5 heteroatoms. The quantitative estimate of drug-likeness (QED) is 0.817. The lowest BCUT2D eigenvalue weighted by atomic mass is 10.1. The molecule has 1 atom stereocenters. The van der Waals surface area contributed by atoms with Gasteiger partial charge in [0, 0.05) is 30.6 Å². The first-order chi connectivity index (χ1) is 6.16. The molecule has 0 saturated heterocycles. The van der Waals surface area contributed by atoms with Crippen LogP contribution in [-0.4, -0.2) is 16.7 Å². The topological polar surface area (TPSA) is 59.1 Å². The number of nitrogens with zero attached hydrogens (tertiary/aromatic N) is 1. The number of aliphatic hydroxyl groups excluding tert-OH is 1. The maximum absolute atomic E-state index is 8.70. The van der Waals surface area contributed by atoms with Crippen molar-refractivity contribution in [1.82, 2.24) is 4.98 Å². The molecule has 0 aliphatic heterocycles. The standard InChI is InChI=1S/C8H10Cl2N2O/c9-5-3-12-4-6(10)8(5)7(11)1-2-13/h3-4,7,13H,1-2,11H2. The van der Waals surface area contributed by atoms with Crippen molar-refractivity contribution in [2.75, 3.05) is 6.61 Å². The van der Waals surface area contributed by atoms with Gasteiger partial charge >= 0.3 is 0 Å². The van der Waals surface area contributed by atoms with E-state index in [1.807, 2.05) is 0 Å². The summed E-state index contributed by atoms with van der Waals surface area (Å²) in [6, 6.07) is -0.340. The van der Waals surface area contributed by atoms with Crippen LogP contribution in [0.25, 0.3) is 0 Å². The van der Waals surface area contributed by atoms with Gasteiger partial charge < -0.3 is 10.8 Å². The zero-order valence-electron chi connectivity index (χ0n) is 6.87. The molecule has 0 saturated carbocycles. The second-order valence-corrected chi connectivity index (χ2v) is 3.45. The Hall–Kier alpha value is -0.350. The molecule has 0 spiro atoms. The van der Waals surface area contributed by atoms with Gasteiger partial charge in [0.25, 0.3) is 0 Å². The average Bonchev–Trinajstić information content (AvgIpc) is 2.04. The number of hydrogen-bond donors (Lipinski definition) is 2. The molecule has 1 unspecified atom stereocenters. The maximum atomic E-state index is 8.70. The van der Waals surface area contributed by atoms with Crippen LogP contribution in [0.5, 0.6) is 0 Å². The first-order valence-corrected chi connectivity index (χ1v) is 4.57. The highest BCUT2D eigenvalue weighted by Crippen LogP contribution is 2.29. The fraction of sp³-hybridized carbons (Fsp3) is 0.375. The van der Waals surface area contributed by atoms with Gasteiger partial charge in [-0.05, 0) is 6.42 Å². The second kappa shape index (κ2) is 4.77. The number of nitrogens with two attached hydrogens (primary N) is 1. The highest BCUT2D eigenvalue weighted by molar-refractivity contribution is 6.35. The molecule has 3 nitrogen and oxygen atoms in total. The van der Waals surface area contributed by atoms with E-state index in [9.17, 15) is 0 Å². The van der Waals surface area contributed by atoms with Crippen molar-refractivity contribution in [1.29, 1.82) is 0 Å². The summed E-state index contributed by atoms with van der Waals surface area (Å²) in [4.78, 5) is 3.81. The summed E-state index contributed by atoms with van der Waals surface area (Å²) in [5.74, 6) is 0. The van der Waals surface area contributed by atoms with E-state index in [-0.39, 0.29) is 12.6 Å². The normalized spacial score (nSPS) is 12.9. The van der Waals surface area contributed by atoms with E-state index in [1.165, 1.54) is 12.4 Å². The number of aliphatic hydroxyl groups is 1. The zero-order chi connectivity index (χ0) is 9.84. The van der Waals surface area contributed by atoms with Crippen molar-refractivity contribution in [2.45, 2.75) is 12.5 Å². The number of pyridine rings is 1. The molecule has 3 N–H and O–H groups in total. The Bertz CT molecular complexity index is 273. The molecule has 1 rings (SSSR count). The van der Waals surface area contributed by atoms with Crippen molar-refractivity contribution in [3.8, 4) is 0 Å².